The summed E-state index contributed by atoms with van der Waals surface area (Å²) in [5, 5.41) is 14.4. The zero-order valence-electron chi connectivity index (χ0n) is 15.5. The molecule has 0 aliphatic rings. The van der Waals surface area contributed by atoms with E-state index < -0.39 is 5.91 Å². The maximum absolute atomic E-state index is 12.7. The molecule has 0 unspecified atom stereocenters. The fourth-order valence-electron chi connectivity index (χ4n) is 3.09. The van der Waals surface area contributed by atoms with Crippen molar-refractivity contribution in [1.29, 1.82) is 5.26 Å². The number of fused-ring (bicyclic) bond motifs is 1. The van der Waals surface area contributed by atoms with Crippen molar-refractivity contribution in [3.05, 3.63) is 76.9 Å². The molecule has 3 rings (SSSR count). The van der Waals surface area contributed by atoms with E-state index in [0.29, 0.717) is 11.3 Å². The normalized spacial score (nSPS) is 11.1. The summed E-state index contributed by atoms with van der Waals surface area (Å²) in [5.74, 6) is 0.172. The molecule has 0 aliphatic heterocycles. The Kier molecular flexibility index (Phi) is 5.23. The molecule has 0 heterocycles. The molecule has 0 spiro atoms. The van der Waals surface area contributed by atoms with Crippen LogP contribution in [0.4, 0.5) is 5.69 Å². The van der Waals surface area contributed by atoms with Gasteiger partial charge in [0.15, 0.2) is 0 Å². The van der Waals surface area contributed by atoms with Gasteiger partial charge in [0.1, 0.15) is 17.4 Å². The van der Waals surface area contributed by atoms with E-state index in [1.165, 1.54) is 0 Å². The third-order valence-electron chi connectivity index (χ3n) is 4.52. The smallest absolute Gasteiger partial charge is 0.266 e. The zero-order chi connectivity index (χ0) is 19.4. The number of nitriles is 1. The molecule has 0 radical (unpaired) electrons. The van der Waals surface area contributed by atoms with Crippen molar-refractivity contribution >= 4 is 28.4 Å². The first-order valence-electron chi connectivity index (χ1n) is 8.60. The maximum atomic E-state index is 12.7. The van der Waals surface area contributed by atoms with E-state index in [9.17, 15) is 10.1 Å². The number of nitrogens with one attached hydrogen (secondary N) is 1. The quantitative estimate of drug-likeness (QED) is 0.528. The van der Waals surface area contributed by atoms with Gasteiger partial charge in [-0.2, -0.15) is 5.26 Å². The summed E-state index contributed by atoms with van der Waals surface area (Å²) in [6, 6.07) is 19.4. The van der Waals surface area contributed by atoms with Crippen molar-refractivity contribution in [2.45, 2.75) is 13.8 Å². The minimum absolute atomic E-state index is 0.0207. The summed E-state index contributed by atoms with van der Waals surface area (Å²) < 4.78 is 5.45. The fraction of sp³-hybridized carbons (Fsp3) is 0.130. The topological polar surface area (TPSA) is 62.1 Å². The molecule has 0 atom stereocenters. The van der Waals surface area contributed by atoms with Crippen molar-refractivity contribution < 1.29 is 9.53 Å². The lowest BCUT2D eigenvalue weighted by atomic mass is 10.0. The van der Waals surface area contributed by atoms with Crippen LogP contribution in [0.1, 0.15) is 16.7 Å². The number of hydrogen-bond donors (Lipinski definition) is 1. The molecule has 27 heavy (non-hydrogen) atoms. The summed E-state index contributed by atoms with van der Waals surface area (Å²) in [6.45, 7) is 3.85. The van der Waals surface area contributed by atoms with E-state index >= 15 is 0 Å². The third kappa shape index (κ3) is 3.68. The number of anilines is 1. The Morgan fingerprint density at radius 3 is 2.41 bits per heavy atom. The molecule has 134 valence electrons. The van der Waals surface area contributed by atoms with E-state index in [0.717, 1.165) is 27.6 Å². The molecule has 0 saturated heterocycles. The molecule has 0 saturated carbocycles. The van der Waals surface area contributed by atoms with Gasteiger partial charge in [-0.1, -0.05) is 48.5 Å². The SMILES string of the molecule is COc1ccc2ccccc2c1/C=C(/C#N)C(=O)Nc1c(C)cccc1C. The number of carbonyl (C=O) groups is 1. The zero-order valence-corrected chi connectivity index (χ0v) is 15.5. The van der Waals surface area contributed by atoms with Gasteiger partial charge < -0.3 is 10.1 Å². The first-order valence-corrected chi connectivity index (χ1v) is 8.60. The Bertz CT molecular complexity index is 1070. The molecule has 4 heteroatoms. The van der Waals surface area contributed by atoms with Crippen molar-refractivity contribution in [3.8, 4) is 11.8 Å². The number of nitrogens with zero attached hydrogens (tertiary/aromatic N) is 1. The van der Waals surface area contributed by atoms with E-state index in [1.54, 1.807) is 13.2 Å². The van der Waals surface area contributed by atoms with Gasteiger partial charge in [0.25, 0.3) is 5.91 Å². The van der Waals surface area contributed by atoms with Crippen LogP contribution in [-0.4, -0.2) is 13.0 Å². The molecule has 3 aromatic carbocycles. The van der Waals surface area contributed by atoms with Gasteiger partial charge in [-0.3, -0.25) is 4.79 Å². The second-order valence-electron chi connectivity index (χ2n) is 6.29. The molecule has 0 aliphatic carbocycles. The number of hydrogen-bond acceptors (Lipinski definition) is 3. The van der Waals surface area contributed by atoms with Gasteiger partial charge >= 0.3 is 0 Å². The maximum Gasteiger partial charge on any atom is 0.266 e. The van der Waals surface area contributed by atoms with Crippen LogP contribution in [0.25, 0.3) is 16.8 Å². The summed E-state index contributed by atoms with van der Waals surface area (Å²) in [4.78, 5) is 12.7. The lowest BCUT2D eigenvalue weighted by molar-refractivity contribution is -0.112. The molecule has 1 N–H and O–H groups in total. The van der Waals surface area contributed by atoms with Crippen molar-refractivity contribution in [3.63, 3.8) is 0 Å². The number of methoxy groups -OCH3 is 1. The fourth-order valence-corrected chi connectivity index (χ4v) is 3.09. The molecule has 3 aromatic rings. The molecule has 0 aromatic heterocycles. The monoisotopic (exact) mass is 356 g/mol. The predicted molar refractivity (Wildman–Crippen MR) is 109 cm³/mol. The van der Waals surface area contributed by atoms with Gasteiger partial charge in [-0.15, -0.1) is 0 Å². The number of carbonyl (C=O) groups excluding carboxylic acids is 1. The van der Waals surface area contributed by atoms with Gasteiger partial charge in [0.05, 0.1) is 7.11 Å². The van der Waals surface area contributed by atoms with Crippen LogP contribution in [-0.2, 0) is 4.79 Å². The summed E-state index contributed by atoms with van der Waals surface area (Å²) in [5.41, 5.74) is 3.36. The second-order valence-corrected chi connectivity index (χ2v) is 6.29. The van der Waals surface area contributed by atoms with Crippen LogP contribution < -0.4 is 10.1 Å². The summed E-state index contributed by atoms with van der Waals surface area (Å²) >= 11 is 0. The highest BCUT2D eigenvalue weighted by Crippen LogP contribution is 2.30. The largest absolute Gasteiger partial charge is 0.496 e. The second kappa shape index (κ2) is 7.76. The number of rotatable bonds is 4. The standard InChI is InChI=1S/C23H20N2O2/c1-15-7-6-8-16(2)22(15)25-23(26)18(14-24)13-20-19-10-5-4-9-17(19)11-12-21(20)27-3/h4-13H,1-3H3,(H,25,26)/b18-13-. The molecule has 0 bridgehead atoms. The minimum Gasteiger partial charge on any atom is -0.496 e. The predicted octanol–water partition coefficient (Wildman–Crippen LogP) is 5.01. The van der Waals surface area contributed by atoms with Crippen LogP contribution in [0.15, 0.2) is 60.2 Å². The van der Waals surface area contributed by atoms with E-state index in [4.69, 9.17) is 4.74 Å². The average Bonchev–Trinajstić information content (AvgIpc) is 2.68. The highest BCUT2D eigenvalue weighted by atomic mass is 16.5. The van der Waals surface area contributed by atoms with E-state index in [-0.39, 0.29) is 5.57 Å². The van der Waals surface area contributed by atoms with Crippen molar-refractivity contribution in [1.82, 2.24) is 0 Å². The number of para-hydroxylation sites is 1. The highest BCUT2D eigenvalue weighted by molar-refractivity contribution is 6.11. The third-order valence-corrected chi connectivity index (χ3v) is 4.52. The van der Waals surface area contributed by atoms with Crippen molar-refractivity contribution in [2.24, 2.45) is 0 Å². The van der Waals surface area contributed by atoms with Crippen LogP contribution in [0.5, 0.6) is 5.75 Å². The van der Waals surface area contributed by atoms with Crippen LogP contribution in [0.2, 0.25) is 0 Å². The number of benzene rings is 3. The average molecular weight is 356 g/mol. The van der Waals surface area contributed by atoms with Gasteiger partial charge in [0.2, 0.25) is 0 Å². The Labute approximate surface area is 158 Å². The number of aryl methyl sites for hydroxylation is 2. The van der Waals surface area contributed by atoms with Gasteiger partial charge in [-0.25, -0.2) is 0 Å². The molecular formula is C23H20N2O2. The highest BCUT2D eigenvalue weighted by Gasteiger charge is 2.15. The first kappa shape index (κ1) is 18.2. The first-order chi connectivity index (χ1) is 13.0. The molecule has 1 amide bonds. The summed E-state index contributed by atoms with van der Waals surface area (Å²) in [6.07, 6.45) is 1.59. The Morgan fingerprint density at radius 1 is 1.04 bits per heavy atom. The van der Waals surface area contributed by atoms with Crippen LogP contribution >= 0.6 is 0 Å². The summed E-state index contributed by atoms with van der Waals surface area (Å²) in [7, 11) is 1.57. The van der Waals surface area contributed by atoms with Gasteiger partial charge in [-0.05, 0) is 47.9 Å². The van der Waals surface area contributed by atoms with Crippen LogP contribution in [0, 0.1) is 25.2 Å². The Balaban J connectivity index is 2.06. The lowest BCUT2D eigenvalue weighted by Crippen LogP contribution is -2.15. The minimum atomic E-state index is -0.440. The van der Waals surface area contributed by atoms with E-state index in [1.807, 2.05) is 74.5 Å². The van der Waals surface area contributed by atoms with E-state index in [2.05, 4.69) is 5.32 Å². The van der Waals surface area contributed by atoms with Crippen LogP contribution in [0.3, 0.4) is 0 Å². The number of amides is 1. The molecular weight excluding hydrogens is 336 g/mol. The molecule has 0 fully saturated rings. The number of ether oxygens (including phenoxy) is 1. The van der Waals surface area contributed by atoms with Crippen molar-refractivity contribution in [2.75, 3.05) is 12.4 Å². The lowest BCUT2D eigenvalue weighted by Gasteiger charge is -2.12. The Morgan fingerprint density at radius 2 is 1.74 bits per heavy atom. The Hall–Kier alpha value is -3.58. The van der Waals surface area contributed by atoms with Gasteiger partial charge in [0, 0.05) is 11.3 Å². The molecule has 4 nitrogen and oxygen atoms in total.